The van der Waals surface area contributed by atoms with Gasteiger partial charge in [-0.2, -0.15) is 0 Å². The zero-order chi connectivity index (χ0) is 15.7. The molecule has 0 spiro atoms. The van der Waals surface area contributed by atoms with Gasteiger partial charge >= 0.3 is 5.97 Å². The molecule has 0 radical (unpaired) electrons. The maximum absolute atomic E-state index is 12.6. The topological polar surface area (TPSA) is 62.5 Å². The Kier molecular flexibility index (Phi) is 3.88. The largest absolute Gasteiger partial charge is 0.480 e. The first-order valence-corrected chi connectivity index (χ1v) is 7.63. The molecule has 0 unspecified atom stereocenters. The molecule has 116 valence electrons. The second-order valence-electron chi connectivity index (χ2n) is 5.90. The lowest BCUT2D eigenvalue weighted by molar-refractivity contribution is -0.151. The predicted octanol–water partition coefficient (Wildman–Crippen LogP) is 2.19. The third-order valence-electron chi connectivity index (χ3n) is 4.43. The molecule has 1 aliphatic heterocycles. The minimum absolute atomic E-state index is 0.0940. The number of aromatic nitrogens is 1. The van der Waals surface area contributed by atoms with Crippen LogP contribution < -0.4 is 0 Å². The van der Waals surface area contributed by atoms with Crippen LogP contribution in [0.25, 0.3) is 10.9 Å². The summed E-state index contributed by atoms with van der Waals surface area (Å²) in [5.41, 5.74) is 2.04. The average molecular weight is 300 g/mol. The van der Waals surface area contributed by atoms with Crippen LogP contribution in [0.5, 0.6) is 0 Å². The van der Waals surface area contributed by atoms with Crippen LogP contribution >= 0.6 is 0 Å². The summed E-state index contributed by atoms with van der Waals surface area (Å²) in [6.45, 7) is 0.542. The average Bonchev–Trinajstić information content (AvgIpc) is 2.84. The third kappa shape index (κ3) is 2.58. The number of carboxylic acid groups (broad SMARTS) is 1. The van der Waals surface area contributed by atoms with E-state index in [1.54, 1.807) is 0 Å². The minimum Gasteiger partial charge on any atom is -0.480 e. The number of aryl methyl sites for hydroxylation is 1. The molecule has 3 rings (SSSR count). The second kappa shape index (κ2) is 5.83. The number of para-hydroxylation sites is 1. The number of nitrogens with zero attached hydrogens (tertiary/aromatic N) is 2. The molecular weight excluding hydrogens is 280 g/mol. The fourth-order valence-electron chi connectivity index (χ4n) is 3.32. The van der Waals surface area contributed by atoms with Crippen LogP contribution in [0.4, 0.5) is 0 Å². The molecule has 2 heterocycles. The number of likely N-dealkylation sites (tertiary alicyclic amines) is 1. The summed E-state index contributed by atoms with van der Waals surface area (Å²) >= 11 is 0. The zero-order valence-electron chi connectivity index (χ0n) is 12.7. The standard InChI is InChI=1S/C17H20N2O3/c1-18-11-12(13-6-2-3-7-14(13)18)10-16(20)19-9-5-4-8-15(19)17(21)22/h2-3,6-7,11,15H,4-5,8-10H2,1H3,(H,21,22)/t15-/m0/s1. The van der Waals surface area contributed by atoms with Crippen LogP contribution in [0, 0.1) is 0 Å². The highest BCUT2D eigenvalue weighted by Gasteiger charge is 2.32. The summed E-state index contributed by atoms with van der Waals surface area (Å²) in [6, 6.07) is 7.28. The van der Waals surface area contributed by atoms with Crippen LogP contribution in [0.1, 0.15) is 24.8 Å². The summed E-state index contributed by atoms with van der Waals surface area (Å²) < 4.78 is 2.00. The molecule has 2 aromatic rings. The van der Waals surface area contributed by atoms with Crippen molar-refractivity contribution in [2.45, 2.75) is 31.7 Å². The Hall–Kier alpha value is -2.30. The highest BCUT2D eigenvalue weighted by Crippen LogP contribution is 2.23. The number of hydrogen-bond acceptors (Lipinski definition) is 2. The van der Waals surface area contributed by atoms with Gasteiger partial charge in [-0.05, 0) is 30.9 Å². The normalized spacial score (nSPS) is 18.6. The number of piperidine rings is 1. The number of benzene rings is 1. The second-order valence-corrected chi connectivity index (χ2v) is 5.90. The van der Waals surface area contributed by atoms with E-state index in [-0.39, 0.29) is 12.3 Å². The van der Waals surface area contributed by atoms with E-state index in [4.69, 9.17) is 0 Å². The van der Waals surface area contributed by atoms with Crippen LogP contribution in [0.2, 0.25) is 0 Å². The molecule has 1 saturated heterocycles. The van der Waals surface area contributed by atoms with Gasteiger partial charge in [0.1, 0.15) is 6.04 Å². The molecule has 1 aliphatic rings. The number of fused-ring (bicyclic) bond motifs is 1. The van der Waals surface area contributed by atoms with Crippen LogP contribution in [-0.2, 0) is 23.1 Å². The Morgan fingerprint density at radius 1 is 1.27 bits per heavy atom. The Balaban J connectivity index is 1.85. The summed E-state index contributed by atoms with van der Waals surface area (Å²) in [7, 11) is 1.96. The summed E-state index contributed by atoms with van der Waals surface area (Å²) in [5.74, 6) is -0.991. The first-order valence-electron chi connectivity index (χ1n) is 7.63. The van der Waals surface area contributed by atoms with Gasteiger partial charge in [-0.15, -0.1) is 0 Å². The Morgan fingerprint density at radius 2 is 2.05 bits per heavy atom. The Bertz CT molecular complexity index is 720. The molecule has 1 N–H and O–H groups in total. The highest BCUT2D eigenvalue weighted by atomic mass is 16.4. The smallest absolute Gasteiger partial charge is 0.326 e. The van der Waals surface area contributed by atoms with Gasteiger partial charge in [-0.1, -0.05) is 18.2 Å². The highest BCUT2D eigenvalue weighted by molar-refractivity contribution is 5.91. The van der Waals surface area contributed by atoms with Crippen LogP contribution in [0.3, 0.4) is 0 Å². The van der Waals surface area contributed by atoms with Crippen molar-refractivity contribution in [2.75, 3.05) is 6.54 Å². The van der Waals surface area contributed by atoms with E-state index in [2.05, 4.69) is 0 Å². The van der Waals surface area contributed by atoms with Crippen LogP contribution in [-0.4, -0.2) is 39.0 Å². The van der Waals surface area contributed by atoms with Crippen molar-refractivity contribution in [3.63, 3.8) is 0 Å². The first kappa shape index (κ1) is 14.6. The van der Waals surface area contributed by atoms with Gasteiger partial charge < -0.3 is 14.6 Å². The van der Waals surface area contributed by atoms with Gasteiger partial charge in [0.25, 0.3) is 0 Å². The van der Waals surface area contributed by atoms with Crippen molar-refractivity contribution in [1.82, 2.24) is 9.47 Å². The number of carbonyl (C=O) groups is 2. The fraction of sp³-hybridized carbons (Fsp3) is 0.412. The Labute approximate surface area is 129 Å². The van der Waals surface area contributed by atoms with Gasteiger partial charge in [-0.25, -0.2) is 4.79 Å². The lowest BCUT2D eigenvalue weighted by atomic mass is 10.0. The van der Waals surface area contributed by atoms with Gasteiger partial charge in [0.2, 0.25) is 5.91 Å². The number of amides is 1. The van der Waals surface area contributed by atoms with Gasteiger partial charge in [-0.3, -0.25) is 4.79 Å². The van der Waals surface area contributed by atoms with E-state index in [0.29, 0.717) is 13.0 Å². The van der Waals surface area contributed by atoms with Crippen molar-refractivity contribution < 1.29 is 14.7 Å². The molecule has 1 amide bonds. The van der Waals surface area contributed by atoms with Gasteiger partial charge in [0, 0.05) is 30.7 Å². The zero-order valence-corrected chi connectivity index (χ0v) is 12.7. The molecule has 1 aromatic heterocycles. The maximum Gasteiger partial charge on any atom is 0.326 e. The van der Waals surface area contributed by atoms with E-state index >= 15 is 0 Å². The quantitative estimate of drug-likeness (QED) is 0.945. The number of carbonyl (C=O) groups excluding carboxylic acids is 1. The first-order chi connectivity index (χ1) is 10.6. The molecule has 1 aromatic carbocycles. The van der Waals surface area contributed by atoms with E-state index in [9.17, 15) is 14.7 Å². The number of rotatable bonds is 3. The number of aliphatic carboxylic acids is 1. The lowest BCUT2D eigenvalue weighted by Crippen LogP contribution is -2.48. The van der Waals surface area contributed by atoms with Crippen molar-refractivity contribution >= 4 is 22.8 Å². The summed E-state index contributed by atoms with van der Waals surface area (Å²) in [6.07, 6.45) is 4.52. The molecule has 5 nitrogen and oxygen atoms in total. The summed E-state index contributed by atoms with van der Waals surface area (Å²) in [5, 5.41) is 10.4. The molecule has 0 bridgehead atoms. The maximum atomic E-state index is 12.6. The van der Waals surface area contributed by atoms with Crippen molar-refractivity contribution in [3.05, 3.63) is 36.0 Å². The number of carboxylic acids is 1. The molecule has 1 atom stereocenters. The third-order valence-corrected chi connectivity index (χ3v) is 4.43. The molecule has 22 heavy (non-hydrogen) atoms. The van der Waals surface area contributed by atoms with E-state index in [0.717, 1.165) is 29.3 Å². The fourth-order valence-corrected chi connectivity index (χ4v) is 3.32. The molecule has 0 saturated carbocycles. The van der Waals surface area contributed by atoms with E-state index < -0.39 is 12.0 Å². The van der Waals surface area contributed by atoms with Crippen molar-refractivity contribution in [2.24, 2.45) is 7.05 Å². The Morgan fingerprint density at radius 3 is 2.82 bits per heavy atom. The van der Waals surface area contributed by atoms with Crippen molar-refractivity contribution in [3.8, 4) is 0 Å². The van der Waals surface area contributed by atoms with Crippen molar-refractivity contribution in [1.29, 1.82) is 0 Å². The minimum atomic E-state index is -0.897. The monoisotopic (exact) mass is 300 g/mol. The molecular formula is C17H20N2O3. The predicted molar refractivity (Wildman–Crippen MR) is 83.6 cm³/mol. The number of hydrogen-bond donors (Lipinski definition) is 1. The van der Waals surface area contributed by atoms with E-state index in [1.165, 1.54) is 4.90 Å². The molecule has 1 fully saturated rings. The lowest BCUT2D eigenvalue weighted by Gasteiger charge is -2.33. The van der Waals surface area contributed by atoms with Gasteiger partial charge in [0.15, 0.2) is 0 Å². The summed E-state index contributed by atoms with van der Waals surface area (Å²) in [4.78, 5) is 25.5. The molecule has 5 heteroatoms. The van der Waals surface area contributed by atoms with Crippen LogP contribution in [0.15, 0.2) is 30.5 Å². The SMILES string of the molecule is Cn1cc(CC(=O)N2CCCC[C@H]2C(=O)O)c2ccccc21. The van der Waals surface area contributed by atoms with E-state index in [1.807, 2.05) is 42.1 Å². The van der Waals surface area contributed by atoms with Gasteiger partial charge in [0.05, 0.1) is 6.42 Å². The molecule has 0 aliphatic carbocycles.